The van der Waals surface area contributed by atoms with Gasteiger partial charge in [0.2, 0.25) is 0 Å². The Bertz CT molecular complexity index is 40.1. The molecule has 1 fully saturated rings. The zero-order valence-corrected chi connectivity index (χ0v) is 4.48. The molecule has 1 saturated heterocycles. The lowest BCUT2D eigenvalue weighted by atomic mass is 10.4. The zero-order chi connectivity index (χ0) is 5.54. The molecule has 42 valence electrons. The summed E-state index contributed by atoms with van der Waals surface area (Å²) in [7, 11) is 0. The monoisotopic (exact) mass is 99.1 g/mol. The largest absolute Gasteiger partial charge is 0.317 e. The first-order chi connectivity index (χ1) is 3.50. The third-order valence-corrected chi connectivity index (χ3v) is 0.957. The predicted molar refractivity (Wildman–Crippen MR) is 34.1 cm³/mol. The van der Waals surface area contributed by atoms with Crippen LogP contribution in [-0.2, 0) is 0 Å². The van der Waals surface area contributed by atoms with Crippen LogP contribution in [0.2, 0.25) is 0 Å². The van der Waals surface area contributed by atoms with Crippen LogP contribution in [0.25, 0.3) is 0 Å². The van der Waals surface area contributed by atoms with Crippen molar-refractivity contribution in [2.24, 2.45) is 0 Å². The summed E-state index contributed by atoms with van der Waals surface area (Å²) in [6, 6.07) is 0. The highest BCUT2D eigenvalue weighted by atomic mass is 14.9. The standard InChI is InChI=1S/C4H9N.C2H2.H2/c1-2-4-5-3-1;1-2;/h5H,1-4H2;1-2H;1H. The number of hydrogen-bond donors (Lipinski definition) is 1. The Morgan fingerprint density at radius 1 is 1.14 bits per heavy atom. The van der Waals surface area contributed by atoms with Crippen LogP contribution < -0.4 is 5.32 Å². The highest BCUT2D eigenvalue weighted by Crippen LogP contribution is 1.90. The molecule has 0 unspecified atom stereocenters. The van der Waals surface area contributed by atoms with Gasteiger partial charge in [-0.3, -0.25) is 0 Å². The molecule has 0 spiro atoms. The van der Waals surface area contributed by atoms with E-state index in [1.165, 1.54) is 25.9 Å². The zero-order valence-electron chi connectivity index (χ0n) is 4.48. The summed E-state index contributed by atoms with van der Waals surface area (Å²) >= 11 is 0. The summed E-state index contributed by atoms with van der Waals surface area (Å²) in [4.78, 5) is 0. The van der Waals surface area contributed by atoms with Crippen LogP contribution in [0, 0.1) is 12.8 Å². The van der Waals surface area contributed by atoms with E-state index < -0.39 is 0 Å². The first-order valence-corrected chi connectivity index (χ1v) is 2.54. The number of terminal acetylenes is 1. The summed E-state index contributed by atoms with van der Waals surface area (Å²) < 4.78 is 0. The number of nitrogens with one attached hydrogen (secondary N) is 1. The Labute approximate surface area is 46.6 Å². The maximum atomic E-state index is 4.00. The first-order valence-electron chi connectivity index (χ1n) is 2.54. The van der Waals surface area contributed by atoms with Crippen molar-refractivity contribution in [3.63, 3.8) is 0 Å². The minimum atomic E-state index is 0. The second-order valence-corrected chi connectivity index (χ2v) is 1.46. The van der Waals surface area contributed by atoms with Crippen LogP contribution in [-0.4, -0.2) is 13.1 Å². The van der Waals surface area contributed by atoms with E-state index in [2.05, 4.69) is 18.2 Å². The predicted octanol–water partition coefficient (Wildman–Crippen LogP) is 0.865. The lowest BCUT2D eigenvalue weighted by Gasteiger charge is -1.76. The molecule has 0 saturated carbocycles. The van der Waals surface area contributed by atoms with Crippen molar-refractivity contribution in [1.82, 2.24) is 5.32 Å². The molecule has 1 aliphatic heterocycles. The Kier molecular flexibility index (Phi) is 5.14. The van der Waals surface area contributed by atoms with Crippen LogP contribution >= 0.6 is 0 Å². The second kappa shape index (κ2) is 5.52. The molecular formula is C6H13N. The van der Waals surface area contributed by atoms with Crippen LogP contribution in [0.4, 0.5) is 0 Å². The molecule has 0 aromatic heterocycles. The van der Waals surface area contributed by atoms with E-state index in [-0.39, 0.29) is 1.43 Å². The fraction of sp³-hybridized carbons (Fsp3) is 0.667. The molecule has 0 bridgehead atoms. The van der Waals surface area contributed by atoms with Crippen molar-refractivity contribution in [2.75, 3.05) is 13.1 Å². The molecule has 1 aliphatic rings. The topological polar surface area (TPSA) is 12.0 Å². The average Bonchev–Trinajstić information content (AvgIpc) is 2.23. The molecule has 0 amide bonds. The summed E-state index contributed by atoms with van der Waals surface area (Å²) in [5.41, 5.74) is 0. The highest BCUT2D eigenvalue weighted by Gasteiger charge is 1.93. The smallest absolute Gasteiger partial charge is 0 e. The van der Waals surface area contributed by atoms with Gasteiger partial charge < -0.3 is 5.32 Å². The average molecular weight is 99.2 g/mol. The highest BCUT2D eigenvalue weighted by molar-refractivity contribution is 4.55. The summed E-state index contributed by atoms with van der Waals surface area (Å²) in [5, 5.41) is 3.22. The van der Waals surface area contributed by atoms with Crippen molar-refractivity contribution < 1.29 is 1.43 Å². The summed E-state index contributed by atoms with van der Waals surface area (Å²) in [6.45, 7) is 2.50. The maximum Gasteiger partial charge on any atom is 0 e. The van der Waals surface area contributed by atoms with Gasteiger partial charge in [0, 0.05) is 1.43 Å². The van der Waals surface area contributed by atoms with Crippen LogP contribution in [0.5, 0.6) is 0 Å². The molecule has 0 radical (unpaired) electrons. The molecule has 1 rings (SSSR count). The van der Waals surface area contributed by atoms with Gasteiger partial charge in [-0.2, -0.15) is 0 Å². The van der Waals surface area contributed by atoms with E-state index in [1.54, 1.807) is 0 Å². The minimum absolute atomic E-state index is 0. The van der Waals surface area contributed by atoms with E-state index in [0.717, 1.165) is 0 Å². The second-order valence-electron chi connectivity index (χ2n) is 1.46. The van der Waals surface area contributed by atoms with Crippen molar-refractivity contribution in [3.05, 3.63) is 0 Å². The third kappa shape index (κ3) is 3.35. The molecule has 1 N–H and O–H groups in total. The molecule has 0 aliphatic carbocycles. The normalized spacial score (nSPS) is 17.4. The fourth-order valence-corrected chi connectivity index (χ4v) is 0.625. The van der Waals surface area contributed by atoms with E-state index in [0.29, 0.717) is 0 Å². The summed E-state index contributed by atoms with van der Waals surface area (Å²) in [5.74, 6) is 0. The van der Waals surface area contributed by atoms with Gasteiger partial charge in [-0.15, -0.1) is 12.8 Å². The van der Waals surface area contributed by atoms with E-state index >= 15 is 0 Å². The fourth-order valence-electron chi connectivity index (χ4n) is 0.625. The van der Waals surface area contributed by atoms with E-state index in [9.17, 15) is 0 Å². The van der Waals surface area contributed by atoms with Crippen molar-refractivity contribution in [3.8, 4) is 12.8 Å². The molecule has 7 heavy (non-hydrogen) atoms. The summed E-state index contributed by atoms with van der Waals surface area (Å²) in [6.07, 6.45) is 10.8. The van der Waals surface area contributed by atoms with Gasteiger partial charge in [-0.1, -0.05) is 0 Å². The van der Waals surface area contributed by atoms with Gasteiger partial charge in [0.15, 0.2) is 0 Å². The van der Waals surface area contributed by atoms with Crippen molar-refractivity contribution in [2.45, 2.75) is 12.8 Å². The van der Waals surface area contributed by atoms with E-state index in [4.69, 9.17) is 0 Å². The Morgan fingerprint density at radius 2 is 1.57 bits per heavy atom. The van der Waals surface area contributed by atoms with Gasteiger partial charge in [0.1, 0.15) is 0 Å². The van der Waals surface area contributed by atoms with Crippen LogP contribution in [0.15, 0.2) is 0 Å². The van der Waals surface area contributed by atoms with Crippen LogP contribution in [0.3, 0.4) is 0 Å². The first kappa shape index (κ1) is 6.52. The van der Waals surface area contributed by atoms with Crippen molar-refractivity contribution >= 4 is 0 Å². The Balaban J connectivity index is 0. The maximum absolute atomic E-state index is 4.00. The molecule has 0 atom stereocenters. The molecule has 1 heterocycles. The Morgan fingerprint density at radius 3 is 1.71 bits per heavy atom. The lowest BCUT2D eigenvalue weighted by Crippen LogP contribution is -2.03. The molecule has 0 aromatic carbocycles. The minimum Gasteiger partial charge on any atom is -0.317 e. The van der Waals surface area contributed by atoms with Gasteiger partial charge >= 0.3 is 0 Å². The van der Waals surface area contributed by atoms with Crippen molar-refractivity contribution in [1.29, 1.82) is 0 Å². The van der Waals surface area contributed by atoms with Gasteiger partial charge in [-0.25, -0.2) is 0 Å². The van der Waals surface area contributed by atoms with Gasteiger partial charge in [0.25, 0.3) is 0 Å². The molecular weight excluding hydrogens is 86.1 g/mol. The lowest BCUT2D eigenvalue weighted by molar-refractivity contribution is 0.857. The molecule has 1 heteroatoms. The van der Waals surface area contributed by atoms with Crippen LogP contribution in [0.1, 0.15) is 14.3 Å². The SMILES string of the molecule is C#C.C1CCNC1.[HH]. The molecule has 0 aromatic rings. The Hall–Kier alpha value is -0.480. The van der Waals surface area contributed by atoms with E-state index in [1.807, 2.05) is 0 Å². The quantitative estimate of drug-likeness (QED) is 0.444. The van der Waals surface area contributed by atoms with Gasteiger partial charge in [0.05, 0.1) is 0 Å². The number of hydrogen-bond acceptors (Lipinski definition) is 1. The third-order valence-electron chi connectivity index (χ3n) is 0.957. The molecule has 1 nitrogen and oxygen atoms in total. The van der Waals surface area contributed by atoms with Gasteiger partial charge in [-0.05, 0) is 25.9 Å². The number of rotatable bonds is 0.